The molecule has 1 aliphatic heterocycles. The van der Waals surface area contributed by atoms with Gasteiger partial charge in [0.25, 0.3) is 0 Å². The Hall–Kier alpha value is -6.75. The minimum Gasteiger partial charge on any atom is -0.455 e. The van der Waals surface area contributed by atoms with Crippen molar-refractivity contribution in [3.05, 3.63) is 199 Å². The summed E-state index contributed by atoms with van der Waals surface area (Å²) >= 11 is 1.84. The number of aliphatic imine (C=N–C) groups is 1. The number of hydrogen-bond donors (Lipinski definition) is 1. The van der Waals surface area contributed by atoms with Crippen LogP contribution in [0.3, 0.4) is 0 Å². The average molecular weight is 709 g/mol. The quantitative estimate of drug-likeness (QED) is 0.193. The molecule has 1 unspecified atom stereocenters. The second-order valence-electron chi connectivity index (χ2n) is 13.9. The first-order valence-corrected chi connectivity index (χ1v) is 19.1. The zero-order valence-corrected chi connectivity index (χ0v) is 30.0. The molecule has 8 aromatic carbocycles. The highest BCUT2D eigenvalue weighted by Crippen LogP contribution is 2.44. The van der Waals surface area contributed by atoms with Crippen LogP contribution in [0, 0.1) is 0 Å². The van der Waals surface area contributed by atoms with Gasteiger partial charge in [0.15, 0.2) is 0 Å². The first kappa shape index (κ1) is 30.8. The lowest BCUT2D eigenvalue weighted by Gasteiger charge is -2.25. The fourth-order valence-corrected chi connectivity index (χ4v) is 9.10. The van der Waals surface area contributed by atoms with Crippen LogP contribution in [0.4, 0.5) is 0 Å². The van der Waals surface area contributed by atoms with Crippen LogP contribution in [-0.2, 0) is 0 Å². The molecule has 2 aromatic heterocycles. The number of hydrogen-bond acceptors (Lipinski definition) is 4. The number of nitrogens with zero attached hydrogens (tertiary/aromatic N) is 1. The molecule has 11 rings (SSSR count). The summed E-state index contributed by atoms with van der Waals surface area (Å²) < 4.78 is 9.44. The monoisotopic (exact) mass is 708 g/mol. The van der Waals surface area contributed by atoms with E-state index >= 15 is 0 Å². The van der Waals surface area contributed by atoms with Gasteiger partial charge < -0.3 is 9.73 Å². The summed E-state index contributed by atoms with van der Waals surface area (Å²) in [6.07, 6.45) is 1.93. The molecule has 0 radical (unpaired) electrons. The fraction of sp³-hybridized carbons (Fsp3) is 0.0200. The largest absolute Gasteiger partial charge is 0.455 e. The second kappa shape index (κ2) is 12.4. The van der Waals surface area contributed by atoms with Crippen molar-refractivity contribution in [1.82, 2.24) is 5.32 Å². The lowest BCUT2D eigenvalue weighted by Crippen LogP contribution is -2.24. The van der Waals surface area contributed by atoms with Crippen LogP contribution in [0.15, 0.2) is 191 Å². The van der Waals surface area contributed by atoms with Crippen molar-refractivity contribution >= 4 is 75.6 Å². The number of nitrogens with one attached hydrogen (secondary N) is 1. The molecule has 3 nitrogen and oxygen atoms in total. The third-order valence-corrected chi connectivity index (χ3v) is 11.9. The molecule has 1 aliphatic rings. The SMILES string of the molecule is C1=C(c2ccc3oc4c(-c5ccc6sc7ccccc7c6c5)cc5ccccc5c4c3c2)NC(c2ccc(-c3ccccc3)cc2)N=C1c1ccccc1. The normalized spacial score (nSPS) is 14.5. The van der Waals surface area contributed by atoms with Gasteiger partial charge in [-0.3, -0.25) is 4.99 Å². The first-order valence-electron chi connectivity index (χ1n) is 18.3. The Kier molecular flexibility index (Phi) is 7.10. The molecule has 0 saturated heterocycles. The summed E-state index contributed by atoms with van der Waals surface area (Å²) in [5, 5.41) is 11.0. The predicted octanol–water partition coefficient (Wildman–Crippen LogP) is 13.6. The number of rotatable bonds is 5. The molecule has 54 heavy (non-hydrogen) atoms. The molecule has 10 aromatic rings. The Morgan fingerprint density at radius 3 is 1.98 bits per heavy atom. The second-order valence-corrected chi connectivity index (χ2v) is 15.0. The van der Waals surface area contributed by atoms with Crippen molar-refractivity contribution in [3.63, 3.8) is 0 Å². The molecule has 3 heterocycles. The van der Waals surface area contributed by atoms with E-state index in [1.807, 2.05) is 17.4 Å². The zero-order valence-electron chi connectivity index (χ0n) is 29.2. The van der Waals surface area contributed by atoms with E-state index in [4.69, 9.17) is 9.41 Å². The third-order valence-electron chi connectivity index (χ3n) is 10.7. The Labute approximate surface area is 316 Å². The lowest BCUT2D eigenvalue weighted by molar-refractivity contribution is 0.663. The third kappa shape index (κ3) is 5.14. The van der Waals surface area contributed by atoms with Gasteiger partial charge in [-0.05, 0) is 92.7 Å². The van der Waals surface area contributed by atoms with Gasteiger partial charge in [0.2, 0.25) is 0 Å². The zero-order chi connectivity index (χ0) is 35.6. The maximum absolute atomic E-state index is 6.84. The van der Waals surface area contributed by atoms with Gasteiger partial charge in [0, 0.05) is 42.2 Å². The standard InChI is InChI=1S/C50H32N2OS/c1-3-11-31(12-4-1)32-19-21-34(22-20-32)50-51-43(33-13-5-2-6-14-33)30-44(52-50)37-23-25-45-42(29-37)48-38-16-8-7-15-35(38)27-40(49(48)53-45)36-24-26-47-41(28-36)39-17-9-10-18-46(39)54-47/h1-30,50,52H. The van der Waals surface area contributed by atoms with E-state index in [2.05, 4.69) is 181 Å². The van der Waals surface area contributed by atoms with E-state index < -0.39 is 0 Å². The maximum atomic E-state index is 6.84. The van der Waals surface area contributed by atoms with Crippen LogP contribution in [0.25, 0.3) is 80.8 Å². The molecule has 1 N–H and O–H groups in total. The summed E-state index contributed by atoms with van der Waals surface area (Å²) in [7, 11) is 0. The molecule has 0 fully saturated rings. The van der Waals surface area contributed by atoms with E-state index in [9.17, 15) is 0 Å². The summed E-state index contributed by atoms with van der Waals surface area (Å²) in [6, 6.07) is 62.7. The Morgan fingerprint density at radius 1 is 0.500 bits per heavy atom. The van der Waals surface area contributed by atoms with E-state index in [0.717, 1.165) is 61.2 Å². The number of allylic oxidation sites excluding steroid dienone is 1. The summed E-state index contributed by atoms with van der Waals surface area (Å²) in [5.41, 5.74) is 11.7. The van der Waals surface area contributed by atoms with Gasteiger partial charge in [-0.2, -0.15) is 0 Å². The van der Waals surface area contributed by atoms with Gasteiger partial charge >= 0.3 is 0 Å². The van der Waals surface area contributed by atoms with E-state index in [-0.39, 0.29) is 6.17 Å². The molecule has 0 spiro atoms. The molecule has 0 amide bonds. The molecule has 4 heteroatoms. The average Bonchev–Trinajstić information content (AvgIpc) is 3.82. The number of fused-ring (bicyclic) bond motifs is 8. The predicted molar refractivity (Wildman–Crippen MR) is 228 cm³/mol. The topological polar surface area (TPSA) is 37.5 Å². The maximum Gasteiger partial charge on any atom is 0.145 e. The van der Waals surface area contributed by atoms with Crippen molar-refractivity contribution in [1.29, 1.82) is 0 Å². The smallest absolute Gasteiger partial charge is 0.145 e. The van der Waals surface area contributed by atoms with Crippen LogP contribution < -0.4 is 5.32 Å². The van der Waals surface area contributed by atoms with E-state index in [1.165, 1.54) is 42.1 Å². The van der Waals surface area contributed by atoms with Gasteiger partial charge in [-0.1, -0.05) is 133 Å². The van der Waals surface area contributed by atoms with E-state index in [1.54, 1.807) is 0 Å². The molecule has 254 valence electrons. The first-order chi connectivity index (χ1) is 26.7. The van der Waals surface area contributed by atoms with Gasteiger partial charge in [0.1, 0.15) is 17.3 Å². The molecule has 0 bridgehead atoms. The molecule has 1 atom stereocenters. The molecular weight excluding hydrogens is 677 g/mol. The molecule has 0 aliphatic carbocycles. The molecule has 0 saturated carbocycles. The van der Waals surface area contributed by atoms with Crippen molar-refractivity contribution in [2.24, 2.45) is 4.99 Å². The van der Waals surface area contributed by atoms with Crippen LogP contribution in [0.5, 0.6) is 0 Å². The van der Waals surface area contributed by atoms with Crippen molar-refractivity contribution in [3.8, 4) is 22.3 Å². The van der Waals surface area contributed by atoms with Gasteiger partial charge in [-0.15, -0.1) is 11.3 Å². The number of thiophene rings is 1. The summed E-state index contributed by atoms with van der Waals surface area (Å²) in [6.45, 7) is 0. The highest BCUT2D eigenvalue weighted by molar-refractivity contribution is 7.25. The molecular formula is C50H32N2OS. The van der Waals surface area contributed by atoms with Gasteiger partial charge in [-0.25, -0.2) is 0 Å². The van der Waals surface area contributed by atoms with Crippen molar-refractivity contribution in [2.45, 2.75) is 6.17 Å². The van der Waals surface area contributed by atoms with Crippen molar-refractivity contribution in [2.75, 3.05) is 0 Å². The Bertz CT molecular complexity index is 3120. The number of benzene rings is 8. The van der Waals surface area contributed by atoms with Crippen molar-refractivity contribution < 1.29 is 4.42 Å². The minimum atomic E-state index is -0.252. The van der Waals surface area contributed by atoms with Gasteiger partial charge in [0.05, 0.1) is 5.71 Å². The summed E-state index contributed by atoms with van der Waals surface area (Å²) in [5.74, 6) is 0. The highest BCUT2D eigenvalue weighted by Gasteiger charge is 2.22. The summed E-state index contributed by atoms with van der Waals surface area (Å²) in [4.78, 5) is 5.24. The highest BCUT2D eigenvalue weighted by atomic mass is 32.1. The van der Waals surface area contributed by atoms with E-state index in [0.29, 0.717) is 0 Å². The Morgan fingerprint density at radius 2 is 1.15 bits per heavy atom. The van der Waals surface area contributed by atoms with Crippen LogP contribution in [0.2, 0.25) is 0 Å². The van der Waals surface area contributed by atoms with Crippen LogP contribution >= 0.6 is 11.3 Å². The minimum absolute atomic E-state index is 0.252. The number of furan rings is 1. The Balaban J connectivity index is 1.05. The van der Waals surface area contributed by atoms with Crippen LogP contribution in [-0.4, -0.2) is 5.71 Å². The lowest BCUT2D eigenvalue weighted by atomic mass is 9.95. The van der Waals surface area contributed by atoms with Crippen LogP contribution in [0.1, 0.15) is 22.9 Å². The fourth-order valence-electron chi connectivity index (χ4n) is 8.02.